The van der Waals surface area contributed by atoms with Crippen molar-refractivity contribution in [3.63, 3.8) is 0 Å². The van der Waals surface area contributed by atoms with Gasteiger partial charge < -0.3 is 4.98 Å². The zero-order chi connectivity index (χ0) is 24.2. The Bertz CT molecular complexity index is 1430. The fraction of sp³-hybridized carbons (Fsp3) is 0.172. The van der Waals surface area contributed by atoms with E-state index in [4.69, 9.17) is 0 Å². The van der Waals surface area contributed by atoms with Crippen LogP contribution in [-0.4, -0.2) is 14.5 Å². The number of pyridine rings is 1. The standard InChI is InChI=1S/C29H25F2N3O/c30-23-14-10-20(11-15-23)26(21-12-16-24(31)17-13-21)8-3-5-22-6-4-9-27-28(22)34(29(35)33-27)19-25-7-1-2-18-32-25/h1-2,4,6-7,9-18,26H,3,5,8,19H2,(H,33,35). The molecule has 1 N–H and O–H groups in total. The van der Waals surface area contributed by atoms with Gasteiger partial charge in [-0.2, -0.15) is 0 Å². The van der Waals surface area contributed by atoms with Gasteiger partial charge >= 0.3 is 5.69 Å². The van der Waals surface area contributed by atoms with Gasteiger partial charge in [0.1, 0.15) is 11.6 Å². The van der Waals surface area contributed by atoms with Gasteiger partial charge in [-0.3, -0.25) is 9.55 Å². The second kappa shape index (κ2) is 10.1. The molecule has 35 heavy (non-hydrogen) atoms. The zero-order valence-corrected chi connectivity index (χ0v) is 19.1. The van der Waals surface area contributed by atoms with E-state index in [0.29, 0.717) is 6.54 Å². The minimum Gasteiger partial charge on any atom is -0.306 e. The highest BCUT2D eigenvalue weighted by Gasteiger charge is 2.16. The number of hydrogen-bond acceptors (Lipinski definition) is 2. The van der Waals surface area contributed by atoms with Crippen LogP contribution in [0.5, 0.6) is 0 Å². The monoisotopic (exact) mass is 469 g/mol. The smallest absolute Gasteiger partial charge is 0.306 e. The van der Waals surface area contributed by atoms with Crippen LogP contribution in [0.3, 0.4) is 0 Å². The Hall–Kier alpha value is -4.06. The maximum Gasteiger partial charge on any atom is 0.326 e. The van der Waals surface area contributed by atoms with Gasteiger partial charge in [0.2, 0.25) is 0 Å². The van der Waals surface area contributed by atoms with E-state index >= 15 is 0 Å². The van der Waals surface area contributed by atoms with E-state index in [1.165, 1.54) is 24.3 Å². The summed E-state index contributed by atoms with van der Waals surface area (Å²) in [7, 11) is 0. The number of nitrogens with zero attached hydrogens (tertiary/aromatic N) is 2. The Balaban J connectivity index is 1.41. The molecule has 0 saturated heterocycles. The van der Waals surface area contributed by atoms with Crippen LogP contribution in [0.1, 0.15) is 41.1 Å². The van der Waals surface area contributed by atoms with Crippen molar-refractivity contribution in [2.75, 3.05) is 0 Å². The molecular weight excluding hydrogens is 444 g/mol. The number of nitrogens with one attached hydrogen (secondary N) is 1. The highest BCUT2D eigenvalue weighted by molar-refractivity contribution is 5.79. The lowest BCUT2D eigenvalue weighted by atomic mass is 9.86. The number of imidazole rings is 1. The Labute approximate surface area is 201 Å². The first-order valence-electron chi connectivity index (χ1n) is 11.7. The van der Waals surface area contributed by atoms with Gasteiger partial charge in [0, 0.05) is 12.1 Å². The molecule has 0 fully saturated rings. The van der Waals surface area contributed by atoms with Crippen LogP contribution >= 0.6 is 0 Å². The minimum absolute atomic E-state index is 0.0114. The fourth-order valence-electron chi connectivity index (χ4n) is 4.71. The predicted molar refractivity (Wildman–Crippen MR) is 133 cm³/mol. The van der Waals surface area contributed by atoms with Crippen molar-refractivity contribution >= 4 is 11.0 Å². The van der Waals surface area contributed by atoms with Gasteiger partial charge in [-0.05, 0) is 78.4 Å². The quantitative estimate of drug-likeness (QED) is 0.294. The molecule has 4 nitrogen and oxygen atoms in total. The molecule has 0 saturated carbocycles. The van der Waals surface area contributed by atoms with Crippen molar-refractivity contribution in [3.8, 4) is 0 Å². The van der Waals surface area contributed by atoms with Crippen LogP contribution in [0.2, 0.25) is 0 Å². The molecule has 176 valence electrons. The van der Waals surface area contributed by atoms with Gasteiger partial charge in [0.15, 0.2) is 0 Å². The first kappa shape index (κ1) is 22.7. The van der Waals surface area contributed by atoms with E-state index in [0.717, 1.165) is 52.7 Å². The lowest BCUT2D eigenvalue weighted by Crippen LogP contribution is -2.18. The molecular formula is C29H25F2N3O. The number of rotatable bonds is 8. The molecule has 0 aliphatic rings. The van der Waals surface area contributed by atoms with E-state index in [1.54, 1.807) is 35.0 Å². The third-order valence-electron chi connectivity index (χ3n) is 6.41. The van der Waals surface area contributed by atoms with Crippen LogP contribution < -0.4 is 5.69 Å². The second-order valence-electron chi connectivity index (χ2n) is 8.70. The predicted octanol–water partition coefficient (Wildman–Crippen LogP) is 6.21. The summed E-state index contributed by atoms with van der Waals surface area (Å²) < 4.78 is 28.8. The van der Waals surface area contributed by atoms with Crippen molar-refractivity contribution < 1.29 is 8.78 Å². The highest BCUT2D eigenvalue weighted by atomic mass is 19.1. The maximum absolute atomic E-state index is 13.5. The fourth-order valence-corrected chi connectivity index (χ4v) is 4.71. The van der Waals surface area contributed by atoms with Crippen molar-refractivity contribution in [1.82, 2.24) is 14.5 Å². The molecule has 0 bridgehead atoms. The number of halogens is 2. The molecule has 0 spiro atoms. The van der Waals surface area contributed by atoms with Crippen LogP contribution in [0.4, 0.5) is 8.78 Å². The molecule has 0 amide bonds. The summed E-state index contributed by atoms with van der Waals surface area (Å²) in [5.74, 6) is -0.550. The van der Waals surface area contributed by atoms with Crippen LogP contribution in [0.25, 0.3) is 11.0 Å². The Morgan fingerprint density at radius 1 is 0.829 bits per heavy atom. The van der Waals surface area contributed by atoms with Crippen LogP contribution in [0.15, 0.2) is 95.9 Å². The first-order chi connectivity index (χ1) is 17.1. The van der Waals surface area contributed by atoms with E-state index < -0.39 is 0 Å². The molecule has 5 rings (SSSR count). The maximum atomic E-state index is 13.5. The number of hydrogen-bond donors (Lipinski definition) is 1. The molecule has 0 radical (unpaired) electrons. The Morgan fingerprint density at radius 2 is 1.51 bits per heavy atom. The van der Waals surface area contributed by atoms with Crippen molar-refractivity contribution in [1.29, 1.82) is 0 Å². The SMILES string of the molecule is O=c1[nH]c2cccc(CCCC(c3ccc(F)cc3)c3ccc(F)cc3)c2n1Cc1ccccn1. The van der Waals surface area contributed by atoms with Gasteiger partial charge in [-0.1, -0.05) is 42.5 Å². The second-order valence-corrected chi connectivity index (χ2v) is 8.70. The highest BCUT2D eigenvalue weighted by Crippen LogP contribution is 2.31. The summed E-state index contributed by atoms with van der Waals surface area (Å²) in [5, 5.41) is 0. The third kappa shape index (κ3) is 5.06. The summed E-state index contributed by atoms with van der Waals surface area (Å²) in [4.78, 5) is 20.0. The molecule has 0 unspecified atom stereocenters. The van der Waals surface area contributed by atoms with Gasteiger partial charge in [0.05, 0.1) is 23.3 Å². The van der Waals surface area contributed by atoms with Crippen molar-refractivity contribution in [2.45, 2.75) is 31.7 Å². The number of aryl methyl sites for hydroxylation is 1. The Kier molecular flexibility index (Phi) is 6.53. The van der Waals surface area contributed by atoms with Crippen molar-refractivity contribution in [2.24, 2.45) is 0 Å². The van der Waals surface area contributed by atoms with Gasteiger partial charge in [0.25, 0.3) is 0 Å². The van der Waals surface area contributed by atoms with E-state index in [-0.39, 0.29) is 23.2 Å². The van der Waals surface area contributed by atoms with E-state index in [1.807, 2.05) is 30.3 Å². The summed E-state index contributed by atoms with van der Waals surface area (Å²) >= 11 is 0. The molecule has 5 aromatic rings. The average Bonchev–Trinajstić information content (AvgIpc) is 3.19. The number of fused-ring (bicyclic) bond motifs is 1. The van der Waals surface area contributed by atoms with E-state index in [2.05, 4.69) is 16.0 Å². The van der Waals surface area contributed by atoms with Gasteiger partial charge in [-0.15, -0.1) is 0 Å². The molecule has 3 aromatic carbocycles. The molecule has 0 aliphatic heterocycles. The molecule has 0 atom stereocenters. The lowest BCUT2D eigenvalue weighted by molar-refractivity contribution is 0.618. The zero-order valence-electron chi connectivity index (χ0n) is 19.1. The summed E-state index contributed by atoms with van der Waals surface area (Å²) in [6.45, 7) is 0.393. The number of aromatic amines is 1. The number of aromatic nitrogens is 3. The molecule has 0 aliphatic carbocycles. The minimum atomic E-state index is -0.281. The normalized spacial score (nSPS) is 11.4. The topological polar surface area (TPSA) is 50.7 Å². The lowest BCUT2D eigenvalue weighted by Gasteiger charge is -2.18. The number of H-pyrrole nitrogens is 1. The van der Waals surface area contributed by atoms with Crippen molar-refractivity contribution in [3.05, 3.63) is 136 Å². The first-order valence-corrected chi connectivity index (χ1v) is 11.7. The summed E-state index contributed by atoms with van der Waals surface area (Å²) in [5.41, 5.74) is 5.41. The summed E-state index contributed by atoms with van der Waals surface area (Å²) in [6, 6.07) is 24.6. The van der Waals surface area contributed by atoms with Crippen LogP contribution in [-0.2, 0) is 13.0 Å². The Morgan fingerprint density at radius 3 is 2.14 bits per heavy atom. The largest absolute Gasteiger partial charge is 0.326 e. The van der Waals surface area contributed by atoms with E-state index in [9.17, 15) is 13.6 Å². The number of para-hydroxylation sites is 1. The van der Waals surface area contributed by atoms with Gasteiger partial charge in [-0.25, -0.2) is 13.6 Å². The molecule has 2 aromatic heterocycles. The average molecular weight is 470 g/mol. The molecule has 6 heteroatoms. The molecule has 2 heterocycles. The third-order valence-corrected chi connectivity index (χ3v) is 6.41. The summed E-state index contributed by atoms with van der Waals surface area (Å²) in [6.07, 6.45) is 4.11. The van der Waals surface area contributed by atoms with Crippen LogP contribution in [0, 0.1) is 11.6 Å². The number of benzene rings is 3.